The molecule has 1 aromatic heterocycles. The molecular weight excluding hydrogens is 273 g/mol. The van der Waals surface area contributed by atoms with Gasteiger partial charge in [-0.1, -0.05) is 36.0 Å². The van der Waals surface area contributed by atoms with Crippen molar-refractivity contribution in [2.45, 2.75) is 31.7 Å². The van der Waals surface area contributed by atoms with Gasteiger partial charge in [-0.2, -0.15) is 0 Å². The molecule has 100 valence electrons. The molecule has 1 saturated carbocycles. The molecule has 1 aliphatic carbocycles. The van der Waals surface area contributed by atoms with Gasteiger partial charge in [-0.05, 0) is 18.9 Å². The van der Waals surface area contributed by atoms with E-state index in [0.29, 0.717) is 28.4 Å². The van der Waals surface area contributed by atoms with Crippen molar-refractivity contribution < 1.29 is 5.11 Å². The molecule has 0 spiro atoms. The predicted octanol–water partition coefficient (Wildman–Crippen LogP) is 2.71. The third-order valence-electron chi connectivity index (χ3n) is 3.32. The van der Waals surface area contributed by atoms with Crippen molar-refractivity contribution in [2.75, 3.05) is 23.8 Å². The van der Waals surface area contributed by atoms with Gasteiger partial charge in [0.05, 0.1) is 16.7 Å². The first kappa shape index (κ1) is 13.7. The molecule has 4 nitrogen and oxygen atoms in total. The number of nitrogens with zero attached hydrogens (tertiary/aromatic N) is 2. The summed E-state index contributed by atoms with van der Waals surface area (Å²) in [5.41, 5.74) is 5.73. The second kappa shape index (κ2) is 5.95. The van der Waals surface area contributed by atoms with Gasteiger partial charge in [0.15, 0.2) is 0 Å². The lowest BCUT2D eigenvalue weighted by Gasteiger charge is -2.30. The third-order valence-corrected chi connectivity index (χ3v) is 3.90. The Morgan fingerprint density at radius 3 is 2.61 bits per heavy atom. The SMILES string of the molecule is Nc1nc(N(CCO)C2CCCC2)c(Cl)cc1Cl. The van der Waals surface area contributed by atoms with E-state index in [4.69, 9.17) is 28.9 Å². The van der Waals surface area contributed by atoms with E-state index in [1.54, 1.807) is 6.07 Å². The molecule has 0 aliphatic heterocycles. The van der Waals surface area contributed by atoms with Crippen LogP contribution in [0.25, 0.3) is 0 Å². The number of anilines is 2. The standard InChI is InChI=1S/C12H17Cl2N3O/c13-9-7-10(14)12(16-11(9)15)17(5-6-18)8-3-1-2-4-8/h7-8,18H,1-6H2,(H2,15,16). The Kier molecular flexibility index (Phi) is 4.54. The number of aromatic nitrogens is 1. The summed E-state index contributed by atoms with van der Waals surface area (Å²) in [5, 5.41) is 10.0. The molecule has 1 heterocycles. The molecule has 2 rings (SSSR count). The number of pyridine rings is 1. The maximum Gasteiger partial charge on any atom is 0.150 e. The Balaban J connectivity index is 2.32. The van der Waals surface area contributed by atoms with Crippen LogP contribution in [0.3, 0.4) is 0 Å². The average Bonchev–Trinajstić information content (AvgIpc) is 2.85. The number of hydrogen-bond acceptors (Lipinski definition) is 4. The van der Waals surface area contributed by atoms with Gasteiger partial charge in [0, 0.05) is 12.6 Å². The Labute approximate surface area is 117 Å². The van der Waals surface area contributed by atoms with Crippen LogP contribution in [0.15, 0.2) is 6.07 Å². The molecule has 1 aromatic rings. The largest absolute Gasteiger partial charge is 0.395 e. The van der Waals surface area contributed by atoms with E-state index in [9.17, 15) is 5.11 Å². The summed E-state index contributed by atoms with van der Waals surface area (Å²) in [6.07, 6.45) is 4.60. The quantitative estimate of drug-likeness (QED) is 0.895. The first-order valence-electron chi connectivity index (χ1n) is 6.12. The van der Waals surface area contributed by atoms with E-state index < -0.39 is 0 Å². The summed E-state index contributed by atoms with van der Waals surface area (Å²) in [6, 6.07) is 1.99. The Bertz CT molecular complexity index is 422. The predicted molar refractivity (Wildman–Crippen MR) is 75.4 cm³/mol. The lowest BCUT2D eigenvalue weighted by atomic mass is 10.2. The van der Waals surface area contributed by atoms with Crippen molar-refractivity contribution in [1.29, 1.82) is 0 Å². The van der Waals surface area contributed by atoms with Crippen molar-refractivity contribution in [3.63, 3.8) is 0 Å². The van der Waals surface area contributed by atoms with E-state index in [0.717, 1.165) is 12.8 Å². The van der Waals surface area contributed by atoms with Crippen LogP contribution in [0, 0.1) is 0 Å². The van der Waals surface area contributed by atoms with Crippen molar-refractivity contribution in [2.24, 2.45) is 0 Å². The fraction of sp³-hybridized carbons (Fsp3) is 0.583. The lowest BCUT2D eigenvalue weighted by Crippen LogP contribution is -2.36. The van der Waals surface area contributed by atoms with Crippen molar-refractivity contribution in [3.8, 4) is 0 Å². The minimum absolute atomic E-state index is 0.0665. The van der Waals surface area contributed by atoms with Gasteiger partial charge >= 0.3 is 0 Å². The number of aliphatic hydroxyl groups is 1. The molecule has 18 heavy (non-hydrogen) atoms. The highest BCUT2D eigenvalue weighted by molar-refractivity contribution is 6.37. The summed E-state index contributed by atoms with van der Waals surface area (Å²) in [6.45, 7) is 0.579. The van der Waals surface area contributed by atoms with Crippen molar-refractivity contribution in [1.82, 2.24) is 4.98 Å². The first-order chi connectivity index (χ1) is 8.63. The fourth-order valence-electron chi connectivity index (χ4n) is 2.46. The summed E-state index contributed by atoms with van der Waals surface area (Å²) in [4.78, 5) is 6.31. The molecule has 3 N–H and O–H groups in total. The van der Waals surface area contributed by atoms with Crippen LogP contribution in [0.2, 0.25) is 10.0 Å². The normalized spacial score (nSPS) is 16.2. The zero-order chi connectivity index (χ0) is 13.1. The van der Waals surface area contributed by atoms with Crippen LogP contribution in [0.5, 0.6) is 0 Å². The third kappa shape index (κ3) is 2.82. The molecule has 0 bridgehead atoms. The number of hydrogen-bond donors (Lipinski definition) is 2. The van der Waals surface area contributed by atoms with Gasteiger partial charge < -0.3 is 15.7 Å². The van der Waals surface area contributed by atoms with E-state index in [1.165, 1.54) is 12.8 Å². The number of rotatable bonds is 4. The van der Waals surface area contributed by atoms with Gasteiger partial charge in [-0.15, -0.1) is 0 Å². The van der Waals surface area contributed by atoms with Gasteiger partial charge in [-0.3, -0.25) is 0 Å². The van der Waals surface area contributed by atoms with Crippen molar-refractivity contribution in [3.05, 3.63) is 16.1 Å². The molecule has 1 fully saturated rings. The highest BCUT2D eigenvalue weighted by Crippen LogP contribution is 2.34. The van der Waals surface area contributed by atoms with Crippen LogP contribution in [0.1, 0.15) is 25.7 Å². The number of aliphatic hydroxyl groups excluding tert-OH is 1. The van der Waals surface area contributed by atoms with Gasteiger partial charge in [0.25, 0.3) is 0 Å². The number of halogens is 2. The molecule has 0 unspecified atom stereocenters. The van der Waals surface area contributed by atoms with Crippen molar-refractivity contribution >= 4 is 34.8 Å². The Morgan fingerprint density at radius 2 is 2.00 bits per heavy atom. The maximum atomic E-state index is 9.20. The molecule has 0 atom stereocenters. The summed E-state index contributed by atoms with van der Waals surface area (Å²) in [5.74, 6) is 0.900. The zero-order valence-electron chi connectivity index (χ0n) is 10.1. The maximum absolute atomic E-state index is 9.20. The first-order valence-corrected chi connectivity index (χ1v) is 6.88. The van der Waals surface area contributed by atoms with E-state index in [2.05, 4.69) is 4.98 Å². The van der Waals surface area contributed by atoms with Crippen LogP contribution >= 0.6 is 23.2 Å². The monoisotopic (exact) mass is 289 g/mol. The number of nitrogen functional groups attached to an aromatic ring is 1. The molecule has 1 aliphatic rings. The zero-order valence-corrected chi connectivity index (χ0v) is 11.6. The smallest absolute Gasteiger partial charge is 0.150 e. The Morgan fingerprint density at radius 1 is 1.33 bits per heavy atom. The summed E-state index contributed by atoms with van der Waals surface area (Å²) in [7, 11) is 0. The van der Waals surface area contributed by atoms with Gasteiger partial charge in [0.2, 0.25) is 0 Å². The second-order valence-electron chi connectivity index (χ2n) is 4.52. The number of nitrogens with two attached hydrogens (primary N) is 1. The molecular formula is C12H17Cl2N3O. The highest BCUT2D eigenvalue weighted by Gasteiger charge is 2.25. The highest BCUT2D eigenvalue weighted by atomic mass is 35.5. The van der Waals surface area contributed by atoms with Crippen LogP contribution in [0.4, 0.5) is 11.6 Å². The van der Waals surface area contributed by atoms with Crippen LogP contribution in [-0.4, -0.2) is 29.3 Å². The van der Waals surface area contributed by atoms with E-state index in [1.807, 2.05) is 4.90 Å². The minimum atomic E-state index is 0.0665. The molecule has 0 aromatic carbocycles. The lowest BCUT2D eigenvalue weighted by molar-refractivity contribution is 0.297. The van der Waals surface area contributed by atoms with Gasteiger partial charge in [0.1, 0.15) is 11.6 Å². The van der Waals surface area contributed by atoms with Gasteiger partial charge in [-0.25, -0.2) is 4.98 Å². The van der Waals surface area contributed by atoms with Crippen LogP contribution < -0.4 is 10.6 Å². The second-order valence-corrected chi connectivity index (χ2v) is 5.33. The van der Waals surface area contributed by atoms with E-state index in [-0.39, 0.29) is 12.4 Å². The minimum Gasteiger partial charge on any atom is -0.395 e. The van der Waals surface area contributed by atoms with Crippen LogP contribution in [-0.2, 0) is 0 Å². The van der Waals surface area contributed by atoms with E-state index >= 15 is 0 Å². The Hall–Kier alpha value is -0.710. The molecule has 0 radical (unpaired) electrons. The average molecular weight is 290 g/mol. The fourth-order valence-corrected chi connectivity index (χ4v) is 2.92. The molecule has 0 saturated heterocycles. The molecule has 6 heteroatoms. The summed E-state index contributed by atoms with van der Waals surface area (Å²) >= 11 is 12.1. The molecule has 0 amide bonds. The summed E-state index contributed by atoms with van der Waals surface area (Å²) < 4.78 is 0. The topological polar surface area (TPSA) is 62.4 Å².